The van der Waals surface area contributed by atoms with Crippen LogP contribution in [-0.2, 0) is 0 Å². The lowest BCUT2D eigenvalue weighted by Crippen LogP contribution is -2.16. The lowest BCUT2D eigenvalue weighted by atomic mass is 10.2. The van der Waals surface area contributed by atoms with Crippen molar-refractivity contribution in [2.75, 3.05) is 10.6 Å². The van der Waals surface area contributed by atoms with Crippen LogP contribution in [-0.4, -0.2) is 16.0 Å². The molecule has 26 heavy (non-hydrogen) atoms. The standard InChI is InChI=1S/C21H22N4O/c1-2-10-17(11-3-1)26-19-13-7-6-12-18(19)24-20-14-15-22-21(25-20)23-16-8-4-5-9-16/h1-3,6-7,10-16H,4-5,8-9H2,(H2,22,23,24,25). The second kappa shape index (κ2) is 7.87. The molecule has 1 aromatic heterocycles. The van der Waals surface area contributed by atoms with Crippen molar-refractivity contribution < 1.29 is 4.74 Å². The van der Waals surface area contributed by atoms with Gasteiger partial charge in [0.05, 0.1) is 5.69 Å². The summed E-state index contributed by atoms with van der Waals surface area (Å²) in [5, 5.41) is 6.77. The van der Waals surface area contributed by atoms with Crippen molar-refractivity contribution in [3.8, 4) is 11.5 Å². The van der Waals surface area contributed by atoms with Crippen LogP contribution >= 0.6 is 0 Å². The van der Waals surface area contributed by atoms with E-state index in [1.165, 1.54) is 25.7 Å². The van der Waals surface area contributed by atoms with Gasteiger partial charge in [0.15, 0.2) is 5.75 Å². The number of hydrogen-bond acceptors (Lipinski definition) is 5. The number of rotatable bonds is 6. The highest BCUT2D eigenvalue weighted by atomic mass is 16.5. The second-order valence-corrected chi connectivity index (χ2v) is 6.43. The monoisotopic (exact) mass is 346 g/mol. The van der Waals surface area contributed by atoms with Crippen LogP contribution in [0.4, 0.5) is 17.5 Å². The Kier molecular flexibility index (Phi) is 4.96. The number of para-hydroxylation sites is 3. The van der Waals surface area contributed by atoms with E-state index >= 15 is 0 Å². The van der Waals surface area contributed by atoms with Crippen molar-refractivity contribution in [3.05, 3.63) is 66.9 Å². The van der Waals surface area contributed by atoms with Crippen LogP contribution in [0.3, 0.4) is 0 Å². The van der Waals surface area contributed by atoms with Gasteiger partial charge < -0.3 is 15.4 Å². The molecular formula is C21H22N4O. The molecule has 5 heteroatoms. The van der Waals surface area contributed by atoms with E-state index in [1.54, 1.807) is 6.20 Å². The summed E-state index contributed by atoms with van der Waals surface area (Å²) in [6.07, 6.45) is 6.70. The fraction of sp³-hybridized carbons (Fsp3) is 0.238. The number of ether oxygens (including phenoxy) is 1. The molecule has 132 valence electrons. The van der Waals surface area contributed by atoms with Crippen LogP contribution < -0.4 is 15.4 Å². The Labute approximate surface area is 153 Å². The van der Waals surface area contributed by atoms with Gasteiger partial charge in [-0.3, -0.25) is 0 Å². The minimum atomic E-state index is 0.485. The van der Waals surface area contributed by atoms with Crippen LogP contribution in [0.25, 0.3) is 0 Å². The molecule has 0 atom stereocenters. The van der Waals surface area contributed by atoms with Gasteiger partial charge in [0, 0.05) is 12.2 Å². The Morgan fingerprint density at radius 2 is 1.65 bits per heavy atom. The van der Waals surface area contributed by atoms with Crippen molar-refractivity contribution in [1.29, 1.82) is 0 Å². The average molecular weight is 346 g/mol. The van der Waals surface area contributed by atoms with Gasteiger partial charge in [-0.25, -0.2) is 4.98 Å². The number of hydrogen-bond donors (Lipinski definition) is 2. The van der Waals surface area contributed by atoms with Gasteiger partial charge in [-0.2, -0.15) is 4.98 Å². The van der Waals surface area contributed by atoms with E-state index in [0.29, 0.717) is 12.0 Å². The molecule has 0 unspecified atom stereocenters. The van der Waals surface area contributed by atoms with E-state index in [0.717, 1.165) is 23.0 Å². The smallest absolute Gasteiger partial charge is 0.224 e. The Morgan fingerprint density at radius 3 is 2.50 bits per heavy atom. The minimum Gasteiger partial charge on any atom is -0.455 e. The summed E-state index contributed by atoms with van der Waals surface area (Å²) in [5.74, 6) is 2.96. The van der Waals surface area contributed by atoms with E-state index in [2.05, 4.69) is 20.6 Å². The average Bonchev–Trinajstić information content (AvgIpc) is 3.18. The lowest BCUT2D eigenvalue weighted by Gasteiger charge is -2.14. The molecule has 5 nitrogen and oxygen atoms in total. The predicted octanol–water partition coefficient (Wildman–Crippen LogP) is 5.37. The largest absolute Gasteiger partial charge is 0.455 e. The number of aromatic nitrogens is 2. The molecule has 0 spiro atoms. The minimum absolute atomic E-state index is 0.485. The van der Waals surface area contributed by atoms with Crippen molar-refractivity contribution in [3.63, 3.8) is 0 Å². The fourth-order valence-electron chi connectivity index (χ4n) is 3.16. The van der Waals surface area contributed by atoms with Gasteiger partial charge in [-0.1, -0.05) is 43.2 Å². The Balaban J connectivity index is 1.50. The summed E-state index contributed by atoms with van der Waals surface area (Å²) in [4.78, 5) is 8.93. The van der Waals surface area contributed by atoms with Gasteiger partial charge >= 0.3 is 0 Å². The highest BCUT2D eigenvalue weighted by molar-refractivity contribution is 5.65. The summed E-state index contributed by atoms with van der Waals surface area (Å²) in [7, 11) is 0. The van der Waals surface area contributed by atoms with Crippen LogP contribution in [0.5, 0.6) is 11.5 Å². The zero-order chi connectivity index (χ0) is 17.6. The van der Waals surface area contributed by atoms with Crippen molar-refractivity contribution in [1.82, 2.24) is 9.97 Å². The van der Waals surface area contributed by atoms with Crippen molar-refractivity contribution in [2.45, 2.75) is 31.7 Å². The highest BCUT2D eigenvalue weighted by Crippen LogP contribution is 2.31. The maximum absolute atomic E-state index is 6.00. The molecule has 2 aromatic carbocycles. The Morgan fingerprint density at radius 1 is 0.885 bits per heavy atom. The third-order valence-electron chi connectivity index (χ3n) is 4.46. The first-order valence-corrected chi connectivity index (χ1v) is 9.05. The topological polar surface area (TPSA) is 59.1 Å². The zero-order valence-corrected chi connectivity index (χ0v) is 14.6. The van der Waals surface area contributed by atoms with Crippen LogP contribution in [0.2, 0.25) is 0 Å². The predicted molar refractivity (Wildman–Crippen MR) is 104 cm³/mol. The molecule has 1 aliphatic carbocycles. The summed E-state index contributed by atoms with van der Waals surface area (Å²) in [5.41, 5.74) is 0.863. The Bertz CT molecular complexity index is 847. The number of anilines is 3. The van der Waals surface area contributed by atoms with Crippen LogP contribution in [0, 0.1) is 0 Å². The van der Waals surface area contributed by atoms with E-state index in [-0.39, 0.29) is 0 Å². The Hall–Kier alpha value is -3.08. The summed E-state index contributed by atoms with van der Waals surface area (Å²) >= 11 is 0. The van der Waals surface area contributed by atoms with Crippen LogP contribution in [0.1, 0.15) is 25.7 Å². The molecule has 0 amide bonds. The third-order valence-corrected chi connectivity index (χ3v) is 4.46. The first-order valence-electron chi connectivity index (χ1n) is 9.05. The maximum Gasteiger partial charge on any atom is 0.224 e. The van der Waals surface area contributed by atoms with E-state index < -0.39 is 0 Å². The third kappa shape index (κ3) is 4.11. The molecule has 0 radical (unpaired) electrons. The SMILES string of the molecule is c1ccc(Oc2ccccc2Nc2ccnc(NC3CCCC3)n2)cc1. The van der Waals surface area contributed by atoms with Crippen LogP contribution in [0.15, 0.2) is 66.9 Å². The second-order valence-electron chi connectivity index (χ2n) is 6.43. The molecule has 1 saturated carbocycles. The highest BCUT2D eigenvalue weighted by Gasteiger charge is 2.15. The molecule has 0 aliphatic heterocycles. The summed E-state index contributed by atoms with van der Waals surface area (Å²) in [6, 6.07) is 19.9. The molecule has 0 bridgehead atoms. The molecular weight excluding hydrogens is 324 g/mol. The van der Waals surface area contributed by atoms with Gasteiger partial charge in [-0.15, -0.1) is 0 Å². The van der Waals surface area contributed by atoms with Crippen molar-refractivity contribution >= 4 is 17.5 Å². The van der Waals surface area contributed by atoms with E-state index in [4.69, 9.17) is 4.74 Å². The molecule has 1 heterocycles. The number of nitrogens with zero attached hydrogens (tertiary/aromatic N) is 2. The summed E-state index contributed by atoms with van der Waals surface area (Å²) in [6.45, 7) is 0. The quantitative estimate of drug-likeness (QED) is 0.628. The van der Waals surface area contributed by atoms with Gasteiger partial charge in [-0.05, 0) is 43.2 Å². The van der Waals surface area contributed by atoms with Gasteiger partial charge in [0.2, 0.25) is 5.95 Å². The lowest BCUT2D eigenvalue weighted by molar-refractivity contribution is 0.485. The first kappa shape index (κ1) is 16.4. The summed E-state index contributed by atoms with van der Waals surface area (Å²) < 4.78 is 6.00. The van der Waals surface area contributed by atoms with Gasteiger partial charge in [0.1, 0.15) is 11.6 Å². The van der Waals surface area contributed by atoms with E-state index in [9.17, 15) is 0 Å². The molecule has 1 aliphatic rings. The number of benzene rings is 2. The molecule has 4 rings (SSSR count). The molecule has 1 fully saturated rings. The normalized spacial score (nSPS) is 14.2. The zero-order valence-electron chi connectivity index (χ0n) is 14.6. The first-order chi connectivity index (χ1) is 12.9. The van der Waals surface area contributed by atoms with E-state index in [1.807, 2.05) is 60.7 Å². The molecule has 2 N–H and O–H groups in total. The molecule has 3 aromatic rings. The maximum atomic E-state index is 6.00. The number of nitrogens with one attached hydrogen (secondary N) is 2. The molecule has 0 saturated heterocycles. The van der Waals surface area contributed by atoms with Crippen molar-refractivity contribution in [2.24, 2.45) is 0 Å². The van der Waals surface area contributed by atoms with Gasteiger partial charge in [0.25, 0.3) is 0 Å². The fourth-order valence-corrected chi connectivity index (χ4v) is 3.16.